The lowest BCUT2D eigenvalue weighted by molar-refractivity contribution is -0.118. The third-order valence-corrected chi connectivity index (χ3v) is 6.35. The van der Waals surface area contributed by atoms with E-state index in [2.05, 4.69) is 20.8 Å². The standard InChI is InChI=1S/C23H24N4O4S2/c1-30-18-10-8-17(14-19(18)31-2)9-11-20(28)25-22-26-27-23(33-22)32-15-21(29)24-13-12-16-6-4-3-5-7-16/h3-11,14H,12-13,15H2,1-2H3,(H,24,29)(H,25,26,28)/b11-9+. The molecule has 0 atom stereocenters. The first-order valence-electron chi connectivity index (χ1n) is 10.1. The molecule has 2 aromatic carbocycles. The maximum atomic E-state index is 12.2. The largest absolute Gasteiger partial charge is 0.493 e. The summed E-state index contributed by atoms with van der Waals surface area (Å²) >= 11 is 2.49. The van der Waals surface area contributed by atoms with Crippen LogP contribution in [0.25, 0.3) is 6.08 Å². The molecule has 8 nitrogen and oxygen atoms in total. The highest BCUT2D eigenvalue weighted by atomic mass is 32.2. The van der Waals surface area contributed by atoms with Crippen LogP contribution >= 0.6 is 23.1 Å². The van der Waals surface area contributed by atoms with Crippen molar-refractivity contribution in [2.45, 2.75) is 10.8 Å². The minimum absolute atomic E-state index is 0.0745. The van der Waals surface area contributed by atoms with Crippen LogP contribution in [-0.4, -0.2) is 48.5 Å². The second kappa shape index (κ2) is 12.6. The van der Waals surface area contributed by atoms with Crippen LogP contribution < -0.4 is 20.1 Å². The van der Waals surface area contributed by atoms with Gasteiger partial charge in [0.15, 0.2) is 15.8 Å². The molecule has 2 N–H and O–H groups in total. The molecule has 3 aromatic rings. The van der Waals surface area contributed by atoms with Gasteiger partial charge in [-0.15, -0.1) is 10.2 Å². The molecule has 0 saturated carbocycles. The van der Waals surface area contributed by atoms with E-state index < -0.39 is 0 Å². The zero-order chi connectivity index (χ0) is 23.5. The fraction of sp³-hybridized carbons (Fsp3) is 0.217. The van der Waals surface area contributed by atoms with Gasteiger partial charge in [0.1, 0.15) is 0 Å². The molecule has 0 unspecified atom stereocenters. The van der Waals surface area contributed by atoms with Crippen molar-refractivity contribution in [2.75, 3.05) is 31.8 Å². The first kappa shape index (κ1) is 24.3. The number of rotatable bonds is 11. The summed E-state index contributed by atoms with van der Waals surface area (Å²) in [5, 5.41) is 13.9. The number of nitrogens with one attached hydrogen (secondary N) is 2. The van der Waals surface area contributed by atoms with Crippen molar-refractivity contribution in [2.24, 2.45) is 0 Å². The quantitative estimate of drug-likeness (QED) is 0.243. The van der Waals surface area contributed by atoms with Gasteiger partial charge < -0.3 is 14.8 Å². The van der Waals surface area contributed by atoms with Crippen LogP contribution in [0, 0.1) is 0 Å². The molecule has 0 fully saturated rings. The van der Waals surface area contributed by atoms with E-state index in [0.717, 1.165) is 12.0 Å². The van der Waals surface area contributed by atoms with Gasteiger partial charge in [0.2, 0.25) is 16.9 Å². The number of carbonyl (C=O) groups is 2. The highest BCUT2D eigenvalue weighted by molar-refractivity contribution is 8.01. The van der Waals surface area contributed by atoms with E-state index in [0.29, 0.717) is 27.5 Å². The number of thioether (sulfide) groups is 1. The van der Waals surface area contributed by atoms with Crippen molar-refractivity contribution < 1.29 is 19.1 Å². The molecule has 0 saturated heterocycles. The van der Waals surface area contributed by atoms with Crippen LogP contribution in [0.2, 0.25) is 0 Å². The number of ether oxygens (including phenoxy) is 2. The third kappa shape index (κ3) is 7.92. The predicted octanol–water partition coefficient (Wildman–Crippen LogP) is 3.66. The molecular formula is C23H24N4O4S2. The van der Waals surface area contributed by atoms with Crippen LogP contribution in [0.3, 0.4) is 0 Å². The first-order chi connectivity index (χ1) is 16.1. The van der Waals surface area contributed by atoms with Crippen LogP contribution in [0.4, 0.5) is 5.13 Å². The monoisotopic (exact) mass is 484 g/mol. The summed E-state index contributed by atoms with van der Waals surface area (Å²) < 4.78 is 11.1. The molecule has 1 heterocycles. The summed E-state index contributed by atoms with van der Waals surface area (Å²) in [6.45, 7) is 0.577. The Morgan fingerprint density at radius 1 is 1.06 bits per heavy atom. The van der Waals surface area contributed by atoms with Crippen LogP contribution in [0.1, 0.15) is 11.1 Å². The Morgan fingerprint density at radius 2 is 1.85 bits per heavy atom. The summed E-state index contributed by atoms with van der Waals surface area (Å²) in [6, 6.07) is 15.3. The molecule has 0 aliphatic heterocycles. The van der Waals surface area contributed by atoms with E-state index in [9.17, 15) is 9.59 Å². The SMILES string of the molecule is COc1ccc(/C=C/C(=O)Nc2nnc(SCC(=O)NCCc3ccccc3)s2)cc1OC. The fourth-order valence-corrected chi connectivity index (χ4v) is 4.35. The minimum atomic E-state index is -0.337. The van der Waals surface area contributed by atoms with Crippen molar-refractivity contribution in [1.82, 2.24) is 15.5 Å². The predicted molar refractivity (Wildman–Crippen MR) is 131 cm³/mol. The zero-order valence-electron chi connectivity index (χ0n) is 18.2. The average Bonchev–Trinajstić information content (AvgIpc) is 3.29. The highest BCUT2D eigenvalue weighted by Gasteiger charge is 2.10. The number of hydrogen-bond donors (Lipinski definition) is 2. The molecular weight excluding hydrogens is 460 g/mol. The Hall–Kier alpha value is -3.37. The van der Waals surface area contributed by atoms with Gasteiger partial charge in [-0.3, -0.25) is 14.9 Å². The Bertz CT molecular complexity index is 1100. The second-order valence-corrected chi connectivity index (χ2v) is 8.88. The lowest BCUT2D eigenvalue weighted by atomic mass is 10.1. The van der Waals surface area contributed by atoms with Crippen LogP contribution in [0.5, 0.6) is 11.5 Å². The van der Waals surface area contributed by atoms with Gasteiger partial charge >= 0.3 is 0 Å². The van der Waals surface area contributed by atoms with Crippen molar-refractivity contribution in [3.63, 3.8) is 0 Å². The van der Waals surface area contributed by atoms with Gasteiger partial charge in [0.05, 0.1) is 20.0 Å². The van der Waals surface area contributed by atoms with E-state index in [4.69, 9.17) is 9.47 Å². The van der Waals surface area contributed by atoms with Crippen LogP contribution in [-0.2, 0) is 16.0 Å². The first-order valence-corrected chi connectivity index (χ1v) is 11.9. The van der Waals surface area contributed by atoms with E-state index in [-0.39, 0.29) is 17.6 Å². The summed E-state index contributed by atoms with van der Waals surface area (Å²) in [7, 11) is 3.12. The molecule has 10 heteroatoms. The molecule has 3 rings (SSSR count). The molecule has 2 amide bonds. The maximum absolute atomic E-state index is 12.2. The molecule has 0 spiro atoms. The summed E-state index contributed by atoms with van der Waals surface area (Å²) in [6.07, 6.45) is 3.84. The van der Waals surface area contributed by atoms with E-state index in [1.54, 1.807) is 32.4 Å². The molecule has 1 aromatic heterocycles. The lowest BCUT2D eigenvalue weighted by Gasteiger charge is -2.07. The zero-order valence-corrected chi connectivity index (χ0v) is 19.9. The topological polar surface area (TPSA) is 102 Å². The van der Waals surface area contributed by atoms with Crippen LogP contribution in [0.15, 0.2) is 58.9 Å². The minimum Gasteiger partial charge on any atom is -0.493 e. The summed E-state index contributed by atoms with van der Waals surface area (Å²) in [5.74, 6) is 1.01. The average molecular weight is 485 g/mol. The number of nitrogens with zero attached hydrogens (tertiary/aromatic N) is 2. The molecule has 172 valence electrons. The normalized spacial score (nSPS) is 10.7. The lowest BCUT2D eigenvalue weighted by Crippen LogP contribution is -2.27. The Balaban J connectivity index is 1.42. The Labute approximate surface area is 200 Å². The van der Waals surface area contributed by atoms with Gasteiger partial charge in [0.25, 0.3) is 0 Å². The number of carbonyl (C=O) groups excluding carboxylic acids is 2. The van der Waals surface area contributed by atoms with Gasteiger partial charge in [-0.1, -0.05) is 59.5 Å². The van der Waals surface area contributed by atoms with Gasteiger partial charge in [-0.25, -0.2) is 0 Å². The van der Waals surface area contributed by atoms with Gasteiger partial charge in [-0.05, 0) is 35.8 Å². The molecule has 0 aliphatic rings. The fourth-order valence-electron chi connectivity index (χ4n) is 2.76. The number of anilines is 1. The Morgan fingerprint density at radius 3 is 2.61 bits per heavy atom. The molecule has 0 radical (unpaired) electrons. The van der Waals surface area contributed by atoms with E-state index in [1.807, 2.05) is 36.4 Å². The molecule has 0 aliphatic carbocycles. The summed E-state index contributed by atoms with van der Waals surface area (Å²) in [4.78, 5) is 24.2. The molecule has 33 heavy (non-hydrogen) atoms. The third-order valence-electron chi connectivity index (χ3n) is 4.38. The van der Waals surface area contributed by atoms with Crippen molar-refractivity contribution in [3.05, 3.63) is 65.7 Å². The smallest absolute Gasteiger partial charge is 0.250 e. The number of amides is 2. The van der Waals surface area contributed by atoms with E-state index in [1.165, 1.54) is 34.7 Å². The van der Waals surface area contributed by atoms with Crippen molar-refractivity contribution in [1.29, 1.82) is 0 Å². The number of methoxy groups -OCH3 is 2. The number of hydrogen-bond acceptors (Lipinski definition) is 8. The number of aromatic nitrogens is 2. The van der Waals surface area contributed by atoms with Crippen molar-refractivity contribution >= 4 is 46.1 Å². The Kier molecular flexibility index (Phi) is 9.28. The molecule has 0 bridgehead atoms. The van der Waals surface area contributed by atoms with Gasteiger partial charge in [-0.2, -0.15) is 0 Å². The van der Waals surface area contributed by atoms with Gasteiger partial charge in [0, 0.05) is 12.6 Å². The second-order valence-electron chi connectivity index (χ2n) is 6.68. The maximum Gasteiger partial charge on any atom is 0.250 e. The van der Waals surface area contributed by atoms with Crippen molar-refractivity contribution in [3.8, 4) is 11.5 Å². The van der Waals surface area contributed by atoms with E-state index >= 15 is 0 Å². The number of benzene rings is 2. The highest BCUT2D eigenvalue weighted by Crippen LogP contribution is 2.28. The summed E-state index contributed by atoms with van der Waals surface area (Å²) in [5.41, 5.74) is 1.96.